The molecule has 1 aliphatic carbocycles. The summed E-state index contributed by atoms with van der Waals surface area (Å²) in [5, 5.41) is 0. The second-order valence-corrected chi connectivity index (χ2v) is 4.93. The molecule has 3 unspecified atom stereocenters. The molecular formula is C8H13ClNP. The molecule has 1 saturated heterocycles. The predicted molar refractivity (Wildman–Crippen MR) is 51.1 cm³/mol. The summed E-state index contributed by atoms with van der Waals surface area (Å²) in [7, 11) is 2.72. The van der Waals surface area contributed by atoms with Gasteiger partial charge in [0.15, 0.2) is 0 Å². The van der Waals surface area contributed by atoms with Gasteiger partial charge in [-0.15, -0.1) is 0 Å². The molecule has 0 bridgehead atoms. The standard InChI is InChI=1S/C8H13ClNP/c1-8(2)5-4-10(11)6(3-9)7(5)8/h3,5,7H,4,11H2,1-2H3/b6-3-. The number of halogens is 1. The first-order valence-corrected chi connectivity index (χ1v) is 4.87. The van der Waals surface area contributed by atoms with Gasteiger partial charge in [-0.2, -0.15) is 0 Å². The summed E-state index contributed by atoms with van der Waals surface area (Å²) in [6.07, 6.45) is 0. The van der Waals surface area contributed by atoms with Crippen LogP contribution in [0.25, 0.3) is 0 Å². The van der Waals surface area contributed by atoms with E-state index in [1.165, 1.54) is 5.70 Å². The van der Waals surface area contributed by atoms with Crippen molar-refractivity contribution in [3.8, 4) is 0 Å². The van der Waals surface area contributed by atoms with Gasteiger partial charge in [0, 0.05) is 23.7 Å². The fourth-order valence-electron chi connectivity index (χ4n) is 2.30. The van der Waals surface area contributed by atoms with Crippen molar-refractivity contribution in [2.75, 3.05) is 6.54 Å². The van der Waals surface area contributed by atoms with E-state index in [9.17, 15) is 0 Å². The number of piperidine rings is 1. The highest BCUT2D eigenvalue weighted by atomic mass is 35.5. The van der Waals surface area contributed by atoms with Crippen molar-refractivity contribution < 1.29 is 0 Å². The SMILES string of the molecule is CC1(C)C2CN(P)/C(=C\Cl)C21. The first-order chi connectivity index (χ1) is 5.09. The number of allylic oxidation sites excluding steroid dienone is 1. The molecule has 1 aliphatic heterocycles. The Morgan fingerprint density at radius 1 is 1.73 bits per heavy atom. The van der Waals surface area contributed by atoms with Crippen LogP contribution in [0.3, 0.4) is 0 Å². The lowest BCUT2D eigenvalue weighted by atomic mass is 10.1. The maximum Gasteiger partial charge on any atom is 0.0317 e. The van der Waals surface area contributed by atoms with Crippen LogP contribution in [0.15, 0.2) is 11.2 Å². The highest BCUT2D eigenvalue weighted by Crippen LogP contribution is 2.67. The normalized spacial score (nSPS) is 42.9. The molecule has 0 radical (unpaired) electrons. The van der Waals surface area contributed by atoms with Crippen molar-refractivity contribution in [2.24, 2.45) is 17.3 Å². The summed E-state index contributed by atoms with van der Waals surface area (Å²) in [4.78, 5) is 0. The Morgan fingerprint density at radius 2 is 2.36 bits per heavy atom. The fourth-order valence-corrected chi connectivity index (χ4v) is 3.12. The van der Waals surface area contributed by atoms with Crippen molar-refractivity contribution in [1.82, 2.24) is 4.67 Å². The third-order valence-corrected chi connectivity index (χ3v) is 3.94. The Balaban J connectivity index is 2.24. The van der Waals surface area contributed by atoms with Gasteiger partial charge in [0.2, 0.25) is 0 Å². The zero-order chi connectivity index (χ0) is 8.22. The quantitative estimate of drug-likeness (QED) is 0.529. The highest BCUT2D eigenvalue weighted by molar-refractivity contribution is 7.13. The Labute approximate surface area is 75.0 Å². The second kappa shape index (κ2) is 2.14. The molecule has 1 saturated carbocycles. The van der Waals surface area contributed by atoms with Crippen molar-refractivity contribution in [2.45, 2.75) is 13.8 Å². The van der Waals surface area contributed by atoms with Crippen molar-refractivity contribution in [3.05, 3.63) is 11.2 Å². The van der Waals surface area contributed by atoms with Crippen LogP contribution in [0.4, 0.5) is 0 Å². The maximum atomic E-state index is 5.73. The van der Waals surface area contributed by atoms with Crippen molar-refractivity contribution >= 4 is 21.0 Å². The topological polar surface area (TPSA) is 3.24 Å². The molecule has 2 fully saturated rings. The average molecular weight is 190 g/mol. The maximum absolute atomic E-state index is 5.73. The van der Waals surface area contributed by atoms with Gasteiger partial charge in [-0.1, -0.05) is 25.4 Å². The van der Waals surface area contributed by atoms with E-state index in [0.29, 0.717) is 5.41 Å². The van der Waals surface area contributed by atoms with Crippen molar-refractivity contribution in [3.63, 3.8) is 0 Å². The highest BCUT2D eigenvalue weighted by Gasteiger charge is 2.63. The Kier molecular flexibility index (Phi) is 1.54. The summed E-state index contributed by atoms with van der Waals surface area (Å²) >= 11 is 5.73. The summed E-state index contributed by atoms with van der Waals surface area (Å²) in [5.74, 6) is 1.56. The van der Waals surface area contributed by atoms with Crippen LogP contribution in [-0.4, -0.2) is 11.2 Å². The van der Waals surface area contributed by atoms with E-state index in [0.717, 1.165) is 18.4 Å². The summed E-state index contributed by atoms with van der Waals surface area (Å²) in [6.45, 7) is 5.79. The molecule has 1 nitrogen and oxygen atoms in total. The van der Waals surface area contributed by atoms with Gasteiger partial charge in [0.05, 0.1) is 0 Å². The van der Waals surface area contributed by atoms with Crippen LogP contribution in [-0.2, 0) is 0 Å². The number of hydrogen-bond acceptors (Lipinski definition) is 1. The van der Waals surface area contributed by atoms with Gasteiger partial charge in [-0.25, -0.2) is 0 Å². The molecule has 3 atom stereocenters. The van der Waals surface area contributed by atoms with Gasteiger partial charge < -0.3 is 4.67 Å². The molecule has 3 heteroatoms. The average Bonchev–Trinajstić information content (AvgIpc) is 2.38. The molecule has 62 valence electrons. The van der Waals surface area contributed by atoms with Crippen LogP contribution in [0, 0.1) is 17.3 Å². The van der Waals surface area contributed by atoms with E-state index in [1.807, 2.05) is 0 Å². The molecule has 2 rings (SSSR count). The molecule has 0 spiro atoms. The first-order valence-electron chi connectivity index (χ1n) is 3.91. The van der Waals surface area contributed by atoms with Crippen LogP contribution in [0.5, 0.6) is 0 Å². The van der Waals surface area contributed by atoms with Gasteiger partial charge >= 0.3 is 0 Å². The summed E-state index contributed by atoms with van der Waals surface area (Å²) < 4.78 is 2.19. The Hall–Kier alpha value is 0.260. The van der Waals surface area contributed by atoms with Crippen LogP contribution in [0.2, 0.25) is 0 Å². The molecule has 0 amide bonds. The number of hydrogen-bond donors (Lipinski definition) is 0. The van der Waals surface area contributed by atoms with Gasteiger partial charge in [0.1, 0.15) is 0 Å². The predicted octanol–water partition coefficient (Wildman–Crippen LogP) is 2.44. The number of fused-ring (bicyclic) bond motifs is 1. The minimum absolute atomic E-state index is 0.508. The molecule has 1 heterocycles. The van der Waals surface area contributed by atoms with E-state index >= 15 is 0 Å². The first kappa shape index (κ1) is 7.89. The zero-order valence-electron chi connectivity index (χ0n) is 6.84. The fraction of sp³-hybridized carbons (Fsp3) is 0.750. The lowest BCUT2D eigenvalue weighted by molar-refractivity contribution is 0.438. The van der Waals surface area contributed by atoms with Crippen LogP contribution >= 0.6 is 21.0 Å². The molecule has 2 aliphatic rings. The minimum atomic E-state index is 0.508. The monoisotopic (exact) mass is 189 g/mol. The largest absolute Gasteiger partial charge is 0.358 e. The van der Waals surface area contributed by atoms with Crippen LogP contribution < -0.4 is 0 Å². The smallest absolute Gasteiger partial charge is 0.0317 e. The van der Waals surface area contributed by atoms with E-state index in [-0.39, 0.29) is 0 Å². The summed E-state index contributed by atoms with van der Waals surface area (Å²) in [5.41, 5.74) is 3.53. The van der Waals surface area contributed by atoms with Crippen molar-refractivity contribution in [1.29, 1.82) is 0 Å². The molecule has 0 aromatic carbocycles. The van der Waals surface area contributed by atoms with Crippen LogP contribution in [0.1, 0.15) is 13.8 Å². The van der Waals surface area contributed by atoms with E-state index in [4.69, 9.17) is 11.6 Å². The molecular weight excluding hydrogens is 177 g/mol. The van der Waals surface area contributed by atoms with E-state index < -0.39 is 0 Å². The van der Waals surface area contributed by atoms with Gasteiger partial charge in [0.25, 0.3) is 0 Å². The third-order valence-electron chi connectivity index (χ3n) is 3.21. The number of rotatable bonds is 0. The lowest BCUT2D eigenvalue weighted by Gasteiger charge is -2.20. The Morgan fingerprint density at radius 3 is 2.73 bits per heavy atom. The molecule has 11 heavy (non-hydrogen) atoms. The molecule has 0 N–H and O–H groups in total. The third kappa shape index (κ3) is 0.877. The minimum Gasteiger partial charge on any atom is -0.358 e. The van der Waals surface area contributed by atoms with E-state index in [2.05, 4.69) is 27.9 Å². The summed E-state index contributed by atoms with van der Waals surface area (Å²) in [6, 6.07) is 0. The molecule has 0 aromatic heterocycles. The lowest BCUT2D eigenvalue weighted by Crippen LogP contribution is -2.14. The zero-order valence-corrected chi connectivity index (χ0v) is 8.75. The van der Waals surface area contributed by atoms with E-state index in [1.54, 1.807) is 5.54 Å². The molecule has 0 aromatic rings. The van der Waals surface area contributed by atoms with Gasteiger partial charge in [-0.3, -0.25) is 0 Å². The number of nitrogens with zero attached hydrogens (tertiary/aromatic N) is 1. The Bertz CT molecular complexity index is 224. The van der Waals surface area contributed by atoms with Gasteiger partial charge in [-0.05, 0) is 20.7 Å². The second-order valence-electron chi connectivity index (χ2n) is 4.09.